The van der Waals surface area contributed by atoms with Crippen LogP contribution in [-0.4, -0.2) is 36.7 Å². The monoisotopic (exact) mass is 385 g/mol. The predicted molar refractivity (Wildman–Crippen MR) is 118 cm³/mol. The van der Waals surface area contributed by atoms with E-state index in [2.05, 4.69) is 46.2 Å². The zero-order chi connectivity index (χ0) is 19.6. The number of rotatable bonds is 3. The number of anilines is 1. The fourth-order valence-electron chi connectivity index (χ4n) is 4.82. The summed E-state index contributed by atoms with van der Waals surface area (Å²) in [6.45, 7) is 3.07. The van der Waals surface area contributed by atoms with Crippen LogP contribution in [0.2, 0.25) is 0 Å². The summed E-state index contributed by atoms with van der Waals surface area (Å²) in [7, 11) is 0. The molecule has 2 heterocycles. The number of ketones is 1. The van der Waals surface area contributed by atoms with Crippen LogP contribution in [0.3, 0.4) is 0 Å². The Kier molecular flexibility index (Phi) is 5.03. The van der Waals surface area contributed by atoms with E-state index in [0.717, 1.165) is 48.8 Å². The highest BCUT2D eigenvalue weighted by atomic mass is 16.1. The molecular formula is C25H27N3O. The second-order valence-corrected chi connectivity index (χ2v) is 8.29. The number of Topliss-reactive ketones (excluding diaryl/α,β-unsaturated/α-hetero) is 1. The van der Waals surface area contributed by atoms with Gasteiger partial charge in [0.15, 0.2) is 5.78 Å². The molecule has 4 nitrogen and oxygen atoms in total. The third-order valence-corrected chi connectivity index (χ3v) is 6.38. The molecule has 148 valence electrons. The molecule has 0 bridgehead atoms. The molecule has 0 amide bonds. The van der Waals surface area contributed by atoms with Crippen LogP contribution >= 0.6 is 0 Å². The van der Waals surface area contributed by atoms with E-state index in [0.29, 0.717) is 6.42 Å². The number of piperidine rings is 1. The Morgan fingerprint density at radius 3 is 2.48 bits per heavy atom. The van der Waals surface area contributed by atoms with Gasteiger partial charge in [-0.1, -0.05) is 48.9 Å². The molecular weight excluding hydrogens is 358 g/mol. The Labute approximate surface area is 172 Å². The molecule has 1 atom stereocenters. The lowest BCUT2D eigenvalue weighted by atomic mass is 9.81. The lowest BCUT2D eigenvalue weighted by Gasteiger charge is -2.38. The molecule has 4 heteroatoms. The SMILES string of the molecule is O=C1C[C@H](c2ccccc2)CC2=C1C=Nc1ccccc1N2CN1CCCCC1. The number of aliphatic imine (C=N–C) groups is 1. The Morgan fingerprint density at radius 1 is 0.897 bits per heavy atom. The van der Waals surface area contributed by atoms with Crippen LogP contribution in [0.1, 0.15) is 43.6 Å². The summed E-state index contributed by atoms with van der Waals surface area (Å²) in [6, 6.07) is 18.8. The molecule has 0 aromatic heterocycles. The van der Waals surface area contributed by atoms with Crippen LogP contribution in [0.5, 0.6) is 0 Å². The zero-order valence-corrected chi connectivity index (χ0v) is 16.8. The summed E-state index contributed by atoms with van der Waals surface area (Å²) in [6.07, 6.45) is 7.07. The van der Waals surface area contributed by atoms with Crippen LogP contribution in [0.15, 0.2) is 70.9 Å². The third kappa shape index (κ3) is 3.65. The molecule has 2 aromatic carbocycles. The van der Waals surface area contributed by atoms with E-state index in [1.807, 2.05) is 24.4 Å². The van der Waals surface area contributed by atoms with Gasteiger partial charge in [-0.2, -0.15) is 0 Å². The molecule has 2 aromatic rings. The van der Waals surface area contributed by atoms with Gasteiger partial charge in [-0.3, -0.25) is 14.7 Å². The van der Waals surface area contributed by atoms with Crippen molar-refractivity contribution in [2.75, 3.05) is 24.7 Å². The minimum absolute atomic E-state index is 0.209. The number of para-hydroxylation sites is 2. The molecule has 29 heavy (non-hydrogen) atoms. The van der Waals surface area contributed by atoms with Crippen molar-refractivity contribution in [3.63, 3.8) is 0 Å². The number of carbonyl (C=O) groups excluding carboxylic acids is 1. The number of likely N-dealkylation sites (tertiary alicyclic amines) is 1. The summed E-state index contributed by atoms with van der Waals surface area (Å²) < 4.78 is 0. The number of fused-ring (bicyclic) bond motifs is 1. The number of allylic oxidation sites excluding steroid dienone is 2. The van der Waals surface area contributed by atoms with Crippen molar-refractivity contribution in [1.82, 2.24) is 4.90 Å². The van der Waals surface area contributed by atoms with E-state index in [9.17, 15) is 4.79 Å². The van der Waals surface area contributed by atoms with Crippen LogP contribution in [0.4, 0.5) is 11.4 Å². The topological polar surface area (TPSA) is 35.9 Å². The molecule has 0 N–H and O–H groups in total. The van der Waals surface area contributed by atoms with Gasteiger partial charge in [-0.05, 0) is 56.0 Å². The van der Waals surface area contributed by atoms with E-state index >= 15 is 0 Å². The molecule has 0 radical (unpaired) electrons. The molecule has 5 rings (SSSR count). The van der Waals surface area contributed by atoms with Crippen molar-refractivity contribution >= 4 is 23.4 Å². The molecule has 0 saturated carbocycles. The predicted octanol–water partition coefficient (Wildman–Crippen LogP) is 5.05. The summed E-state index contributed by atoms with van der Waals surface area (Å²) in [5.74, 6) is 0.435. The van der Waals surface area contributed by atoms with E-state index in [1.165, 1.54) is 24.8 Å². The zero-order valence-electron chi connectivity index (χ0n) is 16.8. The first-order valence-corrected chi connectivity index (χ1v) is 10.7. The number of carbonyl (C=O) groups is 1. The molecule has 3 aliphatic rings. The molecule has 0 spiro atoms. The van der Waals surface area contributed by atoms with Gasteiger partial charge in [0.2, 0.25) is 0 Å². The molecule has 2 aliphatic heterocycles. The minimum atomic E-state index is 0.209. The fraction of sp³-hybridized carbons (Fsp3) is 0.360. The van der Waals surface area contributed by atoms with E-state index in [-0.39, 0.29) is 11.7 Å². The number of benzene rings is 2. The summed E-state index contributed by atoms with van der Waals surface area (Å²) in [4.78, 5) is 22.8. The third-order valence-electron chi connectivity index (χ3n) is 6.38. The average molecular weight is 386 g/mol. The average Bonchev–Trinajstić information content (AvgIpc) is 2.93. The van der Waals surface area contributed by atoms with Crippen molar-refractivity contribution in [3.05, 3.63) is 71.4 Å². The maximum absolute atomic E-state index is 13.2. The van der Waals surface area contributed by atoms with Gasteiger partial charge >= 0.3 is 0 Å². The Morgan fingerprint density at radius 2 is 1.66 bits per heavy atom. The normalized spacial score (nSPS) is 22.3. The second-order valence-electron chi connectivity index (χ2n) is 8.29. The lowest BCUT2D eigenvalue weighted by molar-refractivity contribution is -0.115. The standard InChI is InChI=1S/C25H27N3O/c29-25-16-20(19-9-3-1-4-10-19)15-24-21(25)17-26-22-11-5-6-12-23(22)28(24)18-27-13-7-2-8-14-27/h1,3-6,9-12,17,20H,2,7-8,13-16,18H2/t20-/m1/s1. The first-order valence-electron chi connectivity index (χ1n) is 10.7. The van der Waals surface area contributed by atoms with Crippen LogP contribution < -0.4 is 4.90 Å². The van der Waals surface area contributed by atoms with Crippen LogP contribution in [-0.2, 0) is 4.79 Å². The maximum Gasteiger partial charge on any atom is 0.166 e. The number of hydrogen-bond acceptors (Lipinski definition) is 4. The van der Waals surface area contributed by atoms with Crippen LogP contribution in [0, 0.1) is 0 Å². The smallest absolute Gasteiger partial charge is 0.166 e. The summed E-state index contributed by atoms with van der Waals surface area (Å²) >= 11 is 0. The van der Waals surface area contributed by atoms with Gasteiger partial charge in [0.25, 0.3) is 0 Å². The number of nitrogens with zero attached hydrogens (tertiary/aromatic N) is 3. The van der Waals surface area contributed by atoms with Crippen LogP contribution in [0.25, 0.3) is 0 Å². The van der Waals surface area contributed by atoms with Gasteiger partial charge < -0.3 is 4.90 Å². The second kappa shape index (κ2) is 7.96. The summed E-state index contributed by atoms with van der Waals surface area (Å²) in [5, 5.41) is 0. The van der Waals surface area contributed by atoms with E-state index in [1.54, 1.807) is 0 Å². The van der Waals surface area contributed by atoms with Gasteiger partial charge in [-0.15, -0.1) is 0 Å². The van der Waals surface area contributed by atoms with Gasteiger partial charge in [-0.25, -0.2) is 0 Å². The van der Waals surface area contributed by atoms with Gasteiger partial charge in [0.05, 0.1) is 23.6 Å². The minimum Gasteiger partial charge on any atom is -0.329 e. The van der Waals surface area contributed by atoms with Crippen molar-refractivity contribution in [2.24, 2.45) is 4.99 Å². The van der Waals surface area contributed by atoms with E-state index in [4.69, 9.17) is 4.99 Å². The van der Waals surface area contributed by atoms with Crippen molar-refractivity contribution in [1.29, 1.82) is 0 Å². The van der Waals surface area contributed by atoms with Gasteiger partial charge in [0, 0.05) is 18.3 Å². The molecule has 1 saturated heterocycles. The van der Waals surface area contributed by atoms with Crippen molar-refractivity contribution in [3.8, 4) is 0 Å². The Hall–Kier alpha value is -2.72. The fourth-order valence-corrected chi connectivity index (χ4v) is 4.82. The first kappa shape index (κ1) is 18.3. The quantitative estimate of drug-likeness (QED) is 0.741. The van der Waals surface area contributed by atoms with Gasteiger partial charge in [0.1, 0.15) is 0 Å². The Bertz CT molecular complexity index is 957. The van der Waals surface area contributed by atoms with Crippen molar-refractivity contribution in [2.45, 2.75) is 38.0 Å². The van der Waals surface area contributed by atoms with Crippen molar-refractivity contribution < 1.29 is 4.79 Å². The lowest BCUT2D eigenvalue weighted by Crippen LogP contribution is -2.42. The summed E-state index contributed by atoms with van der Waals surface area (Å²) in [5.41, 5.74) is 5.24. The number of hydrogen-bond donors (Lipinski definition) is 0. The highest BCUT2D eigenvalue weighted by molar-refractivity contribution is 6.16. The molecule has 1 aliphatic carbocycles. The molecule has 1 fully saturated rings. The first-order chi connectivity index (χ1) is 14.3. The molecule has 0 unspecified atom stereocenters. The highest BCUT2D eigenvalue weighted by Crippen LogP contribution is 2.42. The largest absolute Gasteiger partial charge is 0.329 e. The van der Waals surface area contributed by atoms with E-state index < -0.39 is 0 Å². The Balaban J connectivity index is 1.55. The highest BCUT2D eigenvalue weighted by Gasteiger charge is 2.33. The maximum atomic E-state index is 13.2.